The van der Waals surface area contributed by atoms with E-state index >= 15 is 0 Å². The Labute approximate surface area is 247 Å². The van der Waals surface area contributed by atoms with Crippen molar-refractivity contribution in [2.24, 2.45) is 5.41 Å². The molecule has 2 bridgehead atoms. The lowest BCUT2D eigenvalue weighted by atomic mass is 9.82. The number of carbonyl (C=O) groups excluding carboxylic acids is 2. The SMILES string of the molecule is [2H]C([2H])([2H])N1C(=O)c2cccc(OC(F)F)c2[C@H]2C[C@@H]1c1nc3ccc(C#CC4(C)CCCN(C(=O)OC(C)(C)C)C4)cc3n12. The average molecular weight is 580 g/mol. The molecule has 1 unspecified atom stereocenters. The van der Waals surface area contributed by atoms with E-state index in [4.69, 9.17) is 18.6 Å². The fraction of sp³-hybridized carbons (Fsp3) is 0.469. The number of benzene rings is 2. The van der Waals surface area contributed by atoms with Crippen LogP contribution in [0.1, 0.15) is 90.5 Å². The van der Waals surface area contributed by atoms with E-state index < -0.39 is 42.6 Å². The fourth-order valence-electron chi connectivity index (χ4n) is 6.23. The standard InChI is InChI=1S/C32H34F2N4O4/c1-31(2,3)42-30(40)37-15-7-13-32(4,18-37)14-12-19-10-11-21-22(16-19)38-23-17-24(27(38)35-21)36(5)28(39)20-8-6-9-25(26(20)23)41-29(33)34/h6,8-11,16,23-24,29H,7,13,15,17-18H2,1-5H3/t23-,24-,32?/m1/s1/i5D3. The number of halogens is 2. The van der Waals surface area contributed by atoms with Crippen molar-refractivity contribution in [1.29, 1.82) is 0 Å². The summed E-state index contributed by atoms with van der Waals surface area (Å²) < 4.78 is 63.7. The molecular weight excluding hydrogens is 542 g/mol. The van der Waals surface area contributed by atoms with Crippen molar-refractivity contribution >= 4 is 23.0 Å². The second kappa shape index (κ2) is 10.0. The third kappa shape index (κ3) is 4.95. The number of rotatable bonds is 2. The molecule has 10 heteroatoms. The highest BCUT2D eigenvalue weighted by molar-refractivity contribution is 5.97. The Morgan fingerprint density at radius 1 is 1.24 bits per heavy atom. The molecule has 1 saturated heterocycles. The predicted molar refractivity (Wildman–Crippen MR) is 152 cm³/mol. The van der Waals surface area contributed by atoms with Crippen molar-refractivity contribution in [2.45, 2.75) is 71.3 Å². The molecule has 42 heavy (non-hydrogen) atoms. The summed E-state index contributed by atoms with van der Waals surface area (Å²) in [5, 5.41) is 0. The highest BCUT2D eigenvalue weighted by Crippen LogP contribution is 2.50. The van der Waals surface area contributed by atoms with Gasteiger partial charge in [-0.3, -0.25) is 4.79 Å². The molecule has 0 radical (unpaired) electrons. The van der Waals surface area contributed by atoms with Crippen LogP contribution in [0.15, 0.2) is 36.4 Å². The van der Waals surface area contributed by atoms with Crippen LogP contribution in [0.2, 0.25) is 0 Å². The van der Waals surface area contributed by atoms with Gasteiger partial charge >= 0.3 is 12.7 Å². The van der Waals surface area contributed by atoms with E-state index in [2.05, 4.69) is 11.8 Å². The number of carbonyl (C=O) groups is 2. The largest absolute Gasteiger partial charge is 0.444 e. The van der Waals surface area contributed by atoms with E-state index in [0.29, 0.717) is 35.5 Å². The number of piperidine rings is 1. The van der Waals surface area contributed by atoms with Gasteiger partial charge in [-0.15, -0.1) is 0 Å². The zero-order chi connectivity index (χ0) is 32.5. The molecular formula is C32H34F2N4O4. The number of nitrogens with zero attached hydrogens (tertiary/aromatic N) is 4. The number of hydrogen-bond acceptors (Lipinski definition) is 5. The molecule has 0 aliphatic carbocycles. The van der Waals surface area contributed by atoms with E-state index in [1.807, 2.05) is 44.4 Å². The summed E-state index contributed by atoms with van der Waals surface area (Å²) in [5.41, 5.74) is 0.978. The molecule has 2 aromatic carbocycles. The number of fused-ring (bicyclic) bond motifs is 9. The third-order valence-electron chi connectivity index (χ3n) is 8.01. The van der Waals surface area contributed by atoms with Gasteiger partial charge in [-0.05, 0) is 70.9 Å². The molecule has 3 aromatic rings. The minimum atomic E-state index is -3.14. The Morgan fingerprint density at radius 3 is 2.79 bits per heavy atom. The smallest absolute Gasteiger partial charge is 0.410 e. The van der Waals surface area contributed by atoms with Crippen LogP contribution in [0.3, 0.4) is 0 Å². The molecule has 1 fully saturated rings. The molecule has 3 aliphatic heterocycles. The molecule has 3 aliphatic rings. The molecule has 4 heterocycles. The minimum Gasteiger partial charge on any atom is -0.444 e. The van der Waals surface area contributed by atoms with Crippen LogP contribution in [0.4, 0.5) is 13.6 Å². The quantitative estimate of drug-likeness (QED) is 0.341. The van der Waals surface area contributed by atoms with Gasteiger partial charge in [0.2, 0.25) is 0 Å². The van der Waals surface area contributed by atoms with Crippen molar-refractivity contribution < 1.29 is 32.0 Å². The first kappa shape index (κ1) is 24.5. The van der Waals surface area contributed by atoms with E-state index in [1.165, 1.54) is 18.2 Å². The fourth-order valence-corrected chi connectivity index (χ4v) is 6.23. The normalized spacial score (nSPS) is 24.6. The maximum absolute atomic E-state index is 13.6. The van der Waals surface area contributed by atoms with Crippen molar-refractivity contribution in [2.75, 3.05) is 20.1 Å². The van der Waals surface area contributed by atoms with E-state index in [1.54, 1.807) is 11.0 Å². The molecule has 0 saturated carbocycles. The second-order valence-electron chi connectivity index (χ2n) is 12.4. The molecule has 0 N–H and O–H groups in total. The van der Waals surface area contributed by atoms with Crippen molar-refractivity contribution in [1.82, 2.24) is 19.4 Å². The van der Waals surface area contributed by atoms with Crippen LogP contribution in [-0.2, 0) is 4.74 Å². The molecule has 2 amide bonds. The Kier molecular flexibility index (Phi) is 5.83. The summed E-state index contributed by atoms with van der Waals surface area (Å²) in [4.78, 5) is 33.6. The zero-order valence-electron chi connectivity index (χ0n) is 26.9. The van der Waals surface area contributed by atoms with E-state index in [-0.39, 0.29) is 29.4 Å². The molecule has 6 rings (SSSR count). The van der Waals surface area contributed by atoms with Gasteiger partial charge in [0.25, 0.3) is 5.91 Å². The Morgan fingerprint density at radius 2 is 2.05 bits per heavy atom. The number of alkyl halides is 2. The summed E-state index contributed by atoms with van der Waals surface area (Å²) in [7, 11) is 0. The van der Waals surface area contributed by atoms with Crippen LogP contribution < -0.4 is 4.74 Å². The third-order valence-corrected chi connectivity index (χ3v) is 8.01. The van der Waals surface area contributed by atoms with Gasteiger partial charge in [0.15, 0.2) is 0 Å². The van der Waals surface area contributed by atoms with Crippen LogP contribution in [0.25, 0.3) is 11.0 Å². The van der Waals surface area contributed by atoms with Gasteiger partial charge in [-0.25, -0.2) is 9.78 Å². The van der Waals surface area contributed by atoms with Gasteiger partial charge < -0.3 is 23.8 Å². The highest BCUT2D eigenvalue weighted by atomic mass is 19.3. The van der Waals surface area contributed by atoms with E-state index in [0.717, 1.165) is 17.7 Å². The summed E-state index contributed by atoms with van der Waals surface area (Å²) in [6.07, 6.45) is 1.35. The van der Waals surface area contributed by atoms with Crippen LogP contribution in [0.5, 0.6) is 5.75 Å². The number of hydrogen-bond donors (Lipinski definition) is 0. The van der Waals surface area contributed by atoms with Crippen molar-refractivity contribution in [3.63, 3.8) is 0 Å². The van der Waals surface area contributed by atoms with Gasteiger partial charge in [0.1, 0.15) is 17.2 Å². The van der Waals surface area contributed by atoms with Crippen LogP contribution in [-0.4, -0.2) is 63.6 Å². The molecule has 0 spiro atoms. The molecule has 1 aromatic heterocycles. The minimum absolute atomic E-state index is 0.0000130. The number of likely N-dealkylation sites (tertiary alicyclic amines) is 1. The highest BCUT2D eigenvalue weighted by Gasteiger charge is 2.45. The first-order valence-electron chi connectivity index (χ1n) is 15.5. The number of ether oxygens (including phenoxy) is 2. The predicted octanol–water partition coefficient (Wildman–Crippen LogP) is 6.15. The van der Waals surface area contributed by atoms with Crippen molar-refractivity contribution in [3.8, 4) is 17.6 Å². The summed E-state index contributed by atoms with van der Waals surface area (Å²) in [5.74, 6) is 6.00. The Hall–Kier alpha value is -4.13. The van der Waals surface area contributed by atoms with Crippen LogP contribution >= 0.6 is 0 Å². The monoisotopic (exact) mass is 579 g/mol. The first-order chi connectivity index (χ1) is 21.0. The topological polar surface area (TPSA) is 76.9 Å². The first-order valence-corrected chi connectivity index (χ1v) is 14.0. The number of aromatic nitrogens is 2. The van der Waals surface area contributed by atoms with E-state index in [9.17, 15) is 18.4 Å². The van der Waals surface area contributed by atoms with Gasteiger partial charge in [-0.2, -0.15) is 8.78 Å². The number of imidazole rings is 1. The molecule has 220 valence electrons. The number of amides is 2. The summed E-state index contributed by atoms with van der Waals surface area (Å²) in [6.45, 7) is 2.57. The lowest BCUT2D eigenvalue weighted by molar-refractivity contribution is -0.0507. The van der Waals surface area contributed by atoms with Gasteiger partial charge in [0, 0.05) is 52.7 Å². The summed E-state index contributed by atoms with van der Waals surface area (Å²) >= 11 is 0. The maximum atomic E-state index is 13.6. The average Bonchev–Trinajstić information content (AvgIpc) is 3.43. The van der Waals surface area contributed by atoms with Gasteiger partial charge in [0.05, 0.1) is 23.1 Å². The second-order valence-corrected chi connectivity index (χ2v) is 12.4. The molecule has 8 nitrogen and oxygen atoms in total. The Bertz CT molecular complexity index is 1760. The summed E-state index contributed by atoms with van der Waals surface area (Å²) in [6, 6.07) is 8.03. The maximum Gasteiger partial charge on any atom is 0.410 e. The lowest BCUT2D eigenvalue weighted by Gasteiger charge is -2.37. The lowest BCUT2D eigenvalue weighted by Crippen LogP contribution is -2.46. The molecule has 3 atom stereocenters. The van der Waals surface area contributed by atoms with Crippen LogP contribution in [0, 0.1) is 17.3 Å². The van der Waals surface area contributed by atoms with Crippen molar-refractivity contribution in [3.05, 3.63) is 58.9 Å². The van der Waals surface area contributed by atoms with Gasteiger partial charge in [-0.1, -0.05) is 17.9 Å². The Balaban J connectivity index is 1.41. The zero-order valence-corrected chi connectivity index (χ0v) is 23.9.